The topological polar surface area (TPSA) is 53.4 Å². The van der Waals surface area contributed by atoms with Crippen LogP contribution in [0.25, 0.3) is 0 Å². The zero-order chi connectivity index (χ0) is 17.1. The predicted molar refractivity (Wildman–Crippen MR) is 89.5 cm³/mol. The Kier molecular flexibility index (Phi) is 4.89. The maximum absolute atomic E-state index is 12.8. The molecule has 1 heterocycles. The summed E-state index contributed by atoms with van der Waals surface area (Å²) in [5.41, 5.74) is 4.26. The van der Waals surface area contributed by atoms with E-state index in [9.17, 15) is 4.79 Å². The van der Waals surface area contributed by atoms with Crippen LogP contribution >= 0.6 is 0 Å². The fourth-order valence-electron chi connectivity index (χ4n) is 2.52. The van der Waals surface area contributed by atoms with E-state index < -0.39 is 0 Å². The number of hydrogen-bond donors (Lipinski definition) is 0. The number of aryl methyl sites for hydroxylation is 1. The molecule has 122 valence electrons. The molecule has 1 aromatic carbocycles. The van der Waals surface area contributed by atoms with Gasteiger partial charge in [-0.2, -0.15) is 5.10 Å². The smallest absolute Gasteiger partial charge is 0.278 e. The molecule has 0 bridgehead atoms. The molecule has 0 saturated carbocycles. The first kappa shape index (κ1) is 16.8. The van der Waals surface area contributed by atoms with Gasteiger partial charge in [-0.15, -0.1) is 0 Å². The number of ether oxygens (including phenoxy) is 2. The van der Waals surface area contributed by atoms with Crippen LogP contribution in [0, 0.1) is 13.8 Å². The first-order chi connectivity index (χ1) is 10.9. The molecule has 0 aliphatic carbocycles. The first-order valence-electron chi connectivity index (χ1n) is 7.35. The van der Waals surface area contributed by atoms with E-state index in [2.05, 4.69) is 11.7 Å². The largest absolute Gasteiger partial charge is 0.493 e. The van der Waals surface area contributed by atoms with Crippen molar-refractivity contribution in [3.63, 3.8) is 0 Å². The van der Waals surface area contributed by atoms with Gasteiger partial charge in [-0.05, 0) is 45.4 Å². The third-order valence-electron chi connectivity index (χ3n) is 3.74. The fraction of sp³-hybridized carbons (Fsp3) is 0.333. The van der Waals surface area contributed by atoms with Gasteiger partial charge in [0.2, 0.25) is 0 Å². The summed E-state index contributed by atoms with van der Waals surface area (Å²) in [6, 6.07) is 5.08. The van der Waals surface area contributed by atoms with Crippen LogP contribution in [0.3, 0.4) is 0 Å². The molecule has 0 aliphatic rings. The molecule has 0 spiro atoms. The number of methoxy groups -OCH3 is 2. The Morgan fingerprint density at radius 1 is 1.22 bits per heavy atom. The van der Waals surface area contributed by atoms with Crippen molar-refractivity contribution >= 4 is 5.91 Å². The number of rotatable bonds is 5. The van der Waals surface area contributed by atoms with Gasteiger partial charge >= 0.3 is 0 Å². The Morgan fingerprint density at radius 2 is 1.87 bits per heavy atom. The summed E-state index contributed by atoms with van der Waals surface area (Å²) in [6.45, 7) is 9.71. The molecule has 0 amide bonds. The summed E-state index contributed by atoms with van der Waals surface area (Å²) in [7, 11) is 3.10. The second-order valence-corrected chi connectivity index (χ2v) is 5.57. The molecular formula is C18H22N2O3. The minimum Gasteiger partial charge on any atom is -0.493 e. The second-order valence-electron chi connectivity index (χ2n) is 5.57. The molecule has 0 saturated heterocycles. The van der Waals surface area contributed by atoms with Crippen LogP contribution in [0.2, 0.25) is 0 Å². The zero-order valence-electron chi connectivity index (χ0n) is 14.3. The Hall–Kier alpha value is -2.56. The Labute approximate surface area is 136 Å². The Balaban J connectivity index is 2.43. The van der Waals surface area contributed by atoms with Crippen molar-refractivity contribution in [2.24, 2.45) is 0 Å². The minimum atomic E-state index is -0.195. The molecule has 2 aromatic rings. The summed E-state index contributed by atoms with van der Waals surface area (Å²) in [6.07, 6.45) is 0.719. The van der Waals surface area contributed by atoms with Crippen molar-refractivity contribution in [3.8, 4) is 11.5 Å². The Morgan fingerprint density at radius 3 is 2.43 bits per heavy atom. The average molecular weight is 314 g/mol. The molecule has 0 fully saturated rings. The van der Waals surface area contributed by atoms with E-state index in [4.69, 9.17) is 9.47 Å². The first-order valence-corrected chi connectivity index (χ1v) is 7.35. The lowest BCUT2D eigenvalue weighted by Crippen LogP contribution is -2.15. The number of carbonyl (C=O) groups is 1. The molecule has 23 heavy (non-hydrogen) atoms. The number of allylic oxidation sites excluding steroid dienone is 1. The van der Waals surface area contributed by atoms with Crippen molar-refractivity contribution in [3.05, 3.63) is 52.9 Å². The van der Waals surface area contributed by atoms with E-state index in [-0.39, 0.29) is 5.91 Å². The van der Waals surface area contributed by atoms with Gasteiger partial charge in [0.25, 0.3) is 5.91 Å². The van der Waals surface area contributed by atoms with Gasteiger partial charge in [0.1, 0.15) is 0 Å². The van der Waals surface area contributed by atoms with Crippen molar-refractivity contribution in [1.82, 2.24) is 9.78 Å². The lowest BCUT2D eigenvalue weighted by Gasteiger charge is -2.10. The highest BCUT2D eigenvalue weighted by molar-refractivity contribution is 5.96. The molecule has 5 heteroatoms. The van der Waals surface area contributed by atoms with Crippen LogP contribution in [0.4, 0.5) is 0 Å². The molecule has 0 aliphatic heterocycles. The van der Waals surface area contributed by atoms with Crippen molar-refractivity contribution in [1.29, 1.82) is 0 Å². The highest BCUT2D eigenvalue weighted by atomic mass is 16.5. The number of carbonyl (C=O) groups excluding carboxylic acids is 1. The van der Waals surface area contributed by atoms with Crippen LogP contribution in [-0.4, -0.2) is 29.9 Å². The van der Waals surface area contributed by atoms with E-state index >= 15 is 0 Å². The van der Waals surface area contributed by atoms with E-state index in [1.165, 1.54) is 4.68 Å². The lowest BCUT2D eigenvalue weighted by atomic mass is 10.1. The SMILES string of the molecule is C=C(C)Cc1c(C)nn(C(=O)c2ccc(OC)c(OC)c2)c1C. The molecule has 5 nitrogen and oxygen atoms in total. The van der Waals surface area contributed by atoms with E-state index in [0.717, 1.165) is 28.9 Å². The molecule has 0 radical (unpaired) electrons. The van der Waals surface area contributed by atoms with Gasteiger partial charge in [-0.3, -0.25) is 4.79 Å². The lowest BCUT2D eigenvalue weighted by molar-refractivity contribution is 0.0942. The molecule has 0 N–H and O–H groups in total. The highest BCUT2D eigenvalue weighted by Gasteiger charge is 2.19. The molecular weight excluding hydrogens is 292 g/mol. The van der Waals surface area contributed by atoms with E-state index in [1.807, 2.05) is 20.8 Å². The van der Waals surface area contributed by atoms with Crippen molar-refractivity contribution < 1.29 is 14.3 Å². The summed E-state index contributed by atoms with van der Waals surface area (Å²) >= 11 is 0. The van der Waals surface area contributed by atoms with E-state index in [0.29, 0.717) is 17.1 Å². The van der Waals surface area contributed by atoms with Gasteiger partial charge in [0.05, 0.1) is 19.9 Å². The standard InChI is InChI=1S/C18H22N2O3/c1-11(2)9-15-12(3)19-20(13(15)4)18(21)14-7-8-16(22-5)17(10-14)23-6/h7-8,10H,1,9H2,2-6H3. The van der Waals surface area contributed by atoms with Crippen LogP contribution in [0.15, 0.2) is 30.4 Å². The molecule has 1 aromatic heterocycles. The normalized spacial score (nSPS) is 10.5. The number of benzene rings is 1. The summed E-state index contributed by atoms with van der Waals surface area (Å²) in [5, 5.41) is 4.39. The molecule has 2 rings (SSSR count). The Bertz CT molecular complexity index is 760. The van der Waals surface area contributed by atoms with Gasteiger partial charge in [0, 0.05) is 16.8 Å². The number of nitrogens with zero attached hydrogens (tertiary/aromatic N) is 2. The monoisotopic (exact) mass is 314 g/mol. The van der Waals surface area contributed by atoms with Crippen LogP contribution < -0.4 is 9.47 Å². The second kappa shape index (κ2) is 6.69. The van der Waals surface area contributed by atoms with Gasteiger partial charge in [-0.1, -0.05) is 12.2 Å². The number of aromatic nitrogens is 2. The van der Waals surface area contributed by atoms with Crippen LogP contribution in [0.5, 0.6) is 11.5 Å². The molecule has 0 atom stereocenters. The van der Waals surface area contributed by atoms with Crippen molar-refractivity contribution in [2.75, 3.05) is 14.2 Å². The van der Waals surface area contributed by atoms with Gasteiger partial charge in [0.15, 0.2) is 11.5 Å². The summed E-state index contributed by atoms with van der Waals surface area (Å²) in [4.78, 5) is 12.8. The predicted octanol–water partition coefficient (Wildman–Crippen LogP) is 3.32. The third-order valence-corrected chi connectivity index (χ3v) is 3.74. The van der Waals surface area contributed by atoms with Gasteiger partial charge in [-0.25, -0.2) is 4.68 Å². The fourth-order valence-corrected chi connectivity index (χ4v) is 2.52. The average Bonchev–Trinajstić information content (AvgIpc) is 2.81. The quantitative estimate of drug-likeness (QED) is 0.794. The molecule has 0 unspecified atom stereocenters. The summed E-state index contributed by atoms with van der Waals surface area (Å²) < 4.78 is 11.9. The van der Waals surface area contributed by atoms with Crippen LogP contribution in [-0.2, 0) is 6.42 Å². The highest BCUT2D eigenvalue weighted by Crippen LogP contribution is 2.28. The summed E-state index contributed by atoms with van der Waals surface area (Å²) in [5.74, 6) is 0.905. The van der Waals surface area contributed by atoms with Gasteiger partial charge < -0.3 is 9.47 Å². The van der Waals surface area contributed by atoms with Crippen molar-refractivity contribution in [2.45, 2.75) is 27.2 Å². The minimum absolute atomic E-state index is 0.195. The van der Waals surface area contributed by atoms with Crippen LogP contribution in [0.1, 0.15) is 34.2 Å². The maximum atomic E-state index is 12.8. The van der Waals surface area contributed by atoms with E-state index in [1.54, 1.807) is 32.4 Å². The zero-order valence-corrected chi connectivity index (χ0v) is 14.3. The maximum Gasteiger partial charge on any atom is 0.278 e. The third kappa shape index (κ3) is 3.28. The number of hydrogen-bond acceptors (Lipinski definition) is 4.